The highest BCUT2D eigenvalue weighted by Crippen LogP contribution is 2.32. The van der Waals surface area contributed by atoms with Crippen molar-refractivity contribution in [1.82, 2.24) is 10.2 Å². The second-order valence-electron chi connectivity index (χ2n) is 7.89. The van der Waals surface area contributed by atoms with Gasteiger partial charge in [0.1, 0.15) is 6.04 Å². The maximum absolute atomic E-state index is 13.1. The summed E-state index contributed by atoms with van der Waals surface area (Å²) in [6.07, 6.45) is -3.88. The first-order valence-corrected chi connectivity index (χ1v) is 12.9. The number of hydrogen-bond acceptors (Lipinski definition) is 4. The van der Waals surface area contributed by atoms with E-state index < -0.39 is 39.6 Å². The molecule has 2 aromatic carbocycles. The Bertz CT molecular complexity index is 1160. The van der Waals surface area contributed by atoms with E-state index in [-0.39, 0.29) is 31.6 Å². The van der Waals surface area contributed by atoms with Crippen molar-refractivity contribution in [2.75, 3.05) is 24.2 Å². The fourth-order valence-corrected chi connectivity index (χ4v) is 4.60. The Morgan fingerprint density at radius 3 is 2.34 bits per heavy atom. The molecular formula is C23H27ClF3N3O4S. The Morgan fingerprint density at radius 1 is 1.11 bits per heavy atom. The first kappa shape index (κ1) is 28.4. The van der Waals surface area contributed by atoms with E-state index in [4.69, 9.17) is 11.6 Å². The standard InChI is InChI=1S/C23H27ClF3N3O4S/c1-16(22(32)28-2)29(15-17-8-4-5-11-20(17)24)21(31)12-7-13-30(35(3,33)34)19-10-6-9-18(14-19)23(25,26)27/h4-6,8-11,14,16H,7,12-13,15H2,1-3H3,(H,28,32)/t16-/m1/s1. The number of anilines is 1. The Hall–Kier alpha value is -2.79. The number of likely N-dealkylation sites (N-methyl/N-ethyl adjacent to an activating group) is 1. The van der Waals surface area contributed by atoms with E-state index in [1.54, 1.807) is 31.2 Å². The lowest BCUT2D eigenvalue weighted by Crippen LogP contribution is -2.46. The smallest absolute Gasteiger partial charge is 0.357 e. The normalized spacial score (nSPS) is 12.7. The van der Waals surface area contributed by atoms with Crippen LogP contribution in [-0.2, 0) is 32.3 Å². The monoisotopic (exact) mass is 533 g/mol. The van der Waals surface area contributed by atoms with E-state index in [1.165, 1.54) is 18.0 Å². The van der Waals surface area contributed by atoms with Gasteiger partial charge in [0.2, 0.25) is 21.8 Å². The van der Waals surface area contributed by atoms with Gasteiger partial charge in [-0.3, -0.25) is 13.9 Å². The summed E-state index contributed by atoms with van der Waals surface area (Å²) >= 11 is 6.21. The van der Waals surface area contributed by atoms with Gasteiger partial charge in [0.25, 0.3) is 0 Å². The van der Waals surface area contributed by atoms with Crippen LogP contribution in [0.5, 0.6) is 0 Å². The molecule has 0 aliphatic heterocycles. The Morgan fingerprint density at radius 2 is 1.77 bits per heavy atom. The van der Waals surface area contributed by atoms with Crippen molar-refractivity contribution in [3.05, 3.63) is 64.7 Å². The highest BCUT2D eigenvalue weighted by atomic mass is 35.5. The molecule has 2 aromatic rings. The van der Waals surface area contributed by atoms with Crippen LogP contribution in [-0.4, -0.2) is 51.0 Å². The lowest BCUT2D eigenvalue weighted by atomic mass is 10.1. The van der Waals surface area contributed by atoms with Crippen LogP contribution in [0.2, 0.25) is 5.02 Å². The summed E-state index contributed by atoms with van der Waals surface area (Å²) in [6, 6.07) is 9.99. The zero-order valence-electron chi connectivity index (χ0n) is 19.5. The zero-order valence-corrected chi connectivity index (χ0v) is 21.0. The van der Waals surface area contributed by atoms with Crippen LogP contribution >= 0.6 is 11.6 Å². The molecule has 35 heavy (non-hydrogen) atoms. The third kappa shape index (κ3) is 7.86. The van der Waals surface area contributed by atoms with Crippen LogP contribution in [0.4, 0.5) is 18.9 Å². The van der Waals surface area contributed by atoms with Crippen molar-refractivity contribution in [1.29, 1.82) is 0 Å². The molecule has 0 fully saturated rings. The highest BCUT2D eigenvalue weighted by Gasteiger charge is 2.32. The van der Waals surface area contributed by atoms with Crippen molar-refractivity contribution in [2.24, 2.45) is 0 Å². The molecule has 192 valence electrons. The van der Waals surface area contributed by atoms with E-state index in [0.717, 1.165) is 28.8 Å². The van der Waals surface area contributed by atoms with Gasteiger partial charge in [-0.25, -0.2) is 8.42 Å². The molecule has 12 heteroatoms. The fraction of sp³-hybridized carbons (Fsp3) is 0.391. The minimum atomic E-state index is -4.63. The van der Waals surface area contributed by atoms with Gasteiger partial charge in [-0.2, -0.15) is 13.2 Å². The van der Waals surface area contributed by atoms with Crippen molar-refractivity contribution in [2.45, 2.75) is 38.5 Å². The second kappa shape index (κ2) is 11.8. The highest BCUT2D eigenvalue weighted by molar-refractivity contribution is 7.92. The Kier molecular flexibility index (Phi) is 9.56. The second-order valence-corrected chi connectivity index (χ2v) is 10.2. The molecular weight excluding hydrogens is 507 g/mol. The van der Waals surface area contributed by atoms with Crippen LogP contribution in [0.15, 0.2) is 48.5 Å². The molecule has 0 saturated heterocycles. The van der Waals surface area contributed by atoms with Crippen molar-refractivity contribution in [3.8, 4) is 0 Å². The summed E-state index contributed by atoms with van der Waals surface area (Å²) < 4.78 is 64.7. The maximum atomic E-state index is 13.1. The number of hydrogen-bond donors (Lipinski definition) is 1. The van der Waals surface area contributed by atoms with Crippen LogP contribution in [0.3, 0.4) is 0 Å². The molecule has 7 nitrogen and oxygen atoms in total. The number of nitrogens with one attached hydrogen (secondary N) is 1. The van der Waals surface area contributed by atoms with Crippen LogP contribution < -0.4 is 9.62 Å². The molecule has 0 radical (unpaired) electrons. The van der Waals surface area contributed by atoms with Gasteiger partial charge in [-0.05, 0) is 43.2 Å². The predicted octanol–water partition coefficient (Wildman–Crippen LogP) is 4.07. The number of carbonyl (C=O) groups excluding carboxylic acids is 2. The molecule has 0 bridgehead atoms. The van der Waals surface area contributed by atoms with Gasteiger partial charge in [0.05, 0.1) is 17.5 Å². The van der Waals surface area contributed by atoms with Gasteiger partial charge >= 0.3 is 6.18 Å². The molecule has 0 aliphatic rings. The number of sulfonamides is 1. The Balaban J connectivity index is 2.21. The van der Waals surface area contributed by atoms with Crippen LogP contribution in [0.25, 0.3) is 0 Å². The minimum absolute atomic E-state index is 0.0155. The van der Waals surface area contributed by atoms with E-state index >= 15 is 0 Å². The lowest BCUT2D eigenvalue weighted by molar-refractivity contribution is -0.140. The average Bonchev–Trinajstić information content (AvgIpc) is 2.78. The van der Waals surface area contributed by atoms with E-state index in [1.807, 2.05) is 0 Å². The summed E-state index contributed by atoms with van der Waals surface area (Å²) in [4.78, 5) is 26.6. The number of carbonyl (C=O) groups is 2. The molecule has 1 N–H and O–H groups in total. The molecule has 0 aromatic heterocycles. The summed E-state index contributed by atoms with van der Waals surface area (Å²) in [7, 11) is -2.49. The predicted molar refractivity (Wildman–Crippen MR) is 128 cm³/mol. The topological polar surface area (TPSA) is 86.8 Å². The first-order chi connectivity index (χ1) is 16.3. The molecule has 0 heterocycles. The van der Waals surface area contributed by atoms with Gasteiger partial charge in [-0.1, -0.05) is 35.9 Å². The molecule has 0 spiro atoms. The van der Waals surface area contributed by atoms with Crippen LogP contribution in [0.1, 0.15) is 30.9 Å². The molecule has 2 rings (SSSR count). The first-order valence-electron chi connectivity index (χ1n) is 10.6. The van der Waals surface area contributed by atoms with E-state index in [2.05, 4.69) is 5.32 Å². The molecule has 1 atom stereocenters. The quantitative estimate of drug-likeness (QED) is 0.499. The third-order valence-corrected chi connectivity index (χ3v) is 6.89. The number of rotatable bonds is 10. The maximum Gasteiger partial charge on any atom is 0.416 e. The number of benzene rings is 2. The minimum Gasteiger partial charge on any atom is -0.357 e. The summed E-state index contributed by atoms with van der Waals surface area (Å²) in [6.45, 7) is 1.38. The molecule has 0 aliphatic carbocycles. The molecule has 0 saturated carbocycles. The molecule has 0 unspecified atom stereocenters. The number of halogens is 4. The van der Waals surface area contributed by atoms with E-state index in [0.29, 0.717) is 10.6 Å². The van der Waals surface area contributed by atoms with Crippen molar-refractivity contribution >= 4 is 39.1 Å². The van der Waals surface area contributed by atoms with Crippen molar-refractivity contribution < 1.29 is 31.2 Å². The average molecular weight is 534 g/mol. The lowest BCUT2D eigenvalue weighted by Gasteiger charge is -2.29. The summed E-state index contributed by atoms with van der Waals surface area (Å²) in [5.41, 5.74) is -0.508. The van der Waals surface area contributed by atoms with Crippen LogP contribution in [0, 0.1) is 0 Å². The van der Waals surface area contributed by atoms with Gasteiger partial charge in [0.15, 0.2) is 0 Å². The van der Waals surface area contributed by atoms with Gasteiger partial charge in [-0.15, -0.1) is 0 Å². The molecule has 2 amide bonds. The summed E-state index contributed by atoms with van der Waals surface area (Å²) in [5.74, 6) is -0.828. The largest absolute Gasteiger partial charge is 0.416 e. The Labute approximate surface area is 207 Å². The number of nitrogens with zero attached hydrogens (tertiary/aromatic N) is 2. The van der Waals surface area contributed by atoms with Gasteiger partial charge < -0.3 is 10.2 Å². The SMILES string of the molecule is CNC(=O)[C@@H](C)N(Cc1ccccc1Cl)C(=O)CCCN(c1cccc(C(F)(F)F)c1)S(C)(=O)=O. The number of alkyl halides is 3. The number of amides is 2. The fourth-order valence-electron chi connectivity index (χ4n) is 3.44. The zero-order chi connectivity index (χ0) is 26.4. The summed E-state index contributed by atoms with van der Waals surface area (Å²) in [5, 5.41) is 2.91. The van der Waals surface area contributed by atoms with E-state index in [9.17, 15) is 31.2 Å². The van der Waals surface area contributed by atoms with Gasteiger partial charge in [0, 0.05) is 31.6 Å². The third-order valence-electron chi connectivity index (χ3n) is 5.33. The van der Waals surface area contributed by atoms with Crippen molar-refractivity contribution in [3.63, 3.8) is 0 Å².